The molecule has 0 radical (unpaired) electrons. The van der Waals surface area contributed by atoms with Gasteiger partial charge in [0, 0.05) is 12.0 Å². The average Bonchev–Trinajstić information content (AvgIpc) is 2.48. The topological polar surface area (TPSA) is 81.4 Å². The minimum absolute atomic E-state index is 0.0753. The number of carbonyl (C=O) groups excluding carboxylic acids is 2. The Morgan fingerprint density at radius 3 is 2.81 bits per heavy atom. The number of benzene rings is 1. The number of hydrogen-bond acceptors (Lipinski definition) is 4. The number of carbonyl (C=O) groups is 2. The smallest absolute Gasteiger partial charge is 0.337 e. The lowest BCUT2D eigenvalue weighted by molar-refractivity contribution is -0.120. The third kappa shape index (κ3) is 3.95. The van der Waals surface area contributed by atoms with Gasteiger partial charge in [-0.15, -0.1) is 0 Å². The van der Waals surface area contributed by atoms with Crippen LogP contribution in [0, 0.1) is 5.92 Å². The number of methoxy groups -OCH3 is 1. The van der Waals surface area contributed by atoms with Crippen molar-refractivity contribution in [3.8, 4) is 0 Å². The number of nitrogens with two attached hydrogens (primary N) is 1. The molecule has 114 valence electrons. The largest absolute Gasteiger partial charge is 0.465 e. The van der Waals surface area contributed by atoms with Crippen LogP contribution in [0.5, 0.6) is 0 Å². The molecule has 0 bridgehead atoms. The Balaban J connectivity index is 2.11. The Morgan fingerprint density at radius 2 is 2.14 bits per heavy atom. The predicted molar refractivity (Wildman–Crippen MR) is 81.4 cm³/mol. The van der Waals surface area contributed by atoms with Gasteiger partial charge in [-0.25, -0.2) is 4.79 Å². The van der Waals surface area contributed by atoms with Crippen LogP contribution in [-0.2, 0) is 9.53 Å². The maximum absolute atomic E-state index is 12.3. The molecule has 5 nitrogen and oxygen atoms in total. The second-order valence-corrected chi connectivity index (χ2v) is 5.71. The van der Waals surface area contributed by atoms with E-state index in [0.717, 1.165) is 19.3 Å². The van der Waals surface area contributed by atoms with Gasteiger partial charge in [-0.05, 0) is 37.5 Å². The summed E-state index contributed by atoms with van der Waals surface area (Å²) in [7, 11) is 1.30. The van der Waals surface area contributed by atoms with E-state index in [4.69, 9.17) is 17.3 Å². The molecule has 1 saturated carbocycles. The van der Waals surface area contributed by atoms with Crippen LogP contribution in [0.25, 0.3) is 0 Å². The SMILES string of the molecule is COC(=O)c1ccc(Cl)c(NC(=O)C2CCCC(N)C2)c1. The third-order valence-electron chi connectivity index (χ3n) is 3.73. The van der Waals surface area contributed by atoms with Crippen LogP contribution in [0.3, 0.4) is 0 Å². The number of ether oxygens (including phenoxy) is 1. The van der Waals surface area contributed by atoms with E-state index in [0.29, 0.717) is 22.7 Å². The van der Waals surface area contributed by atoms with E-state index in [2.05, 4.69) is 10.1 Å². The number of rotatable bonds is 3. The molecular formula is C15H19ClN2O3. The van der Waals surface area contributed by atoms with Gasteiger partial charge < -0.3 is 15.8 Å². The number of anilines is 1. The number of nitrogens with one attached hydrogen (secondary N) is 1. The molecular weight excluding hydrogens is 292 g/mol. The first-order valence-corrected chi connectivity index (χ1v) is 7.33. The molecule has 2 rings (SSSR count). The Hall–Kier alpha value is -1.59. The van der Waals surface area contributed by atoms with Crippen LogP contribution in [-0.4, -0.2) is 25.0 Å². The first-order valence-electron chi connectivity index (χ1n) is 6.95. The van der Waals surface area contributed by atoms with Gasteiger partial charge in [0.15, 0.2) is 0 Å². The van der Waals surface area contributed by atoms with Gasteiger partial charge in [-0.2, -0.15) is 0 Å². The normalized spacial score (nSPS) is 21.7. The zero-order valence-electron chi connectivity index (χ0n) is 11.9. The van der Waals surface area contributed by atoms with Crippen molar-refractivity contribution in [3.05, 3.63) is 28.8 Å². The first-order chi connectivity index (χ1) is 10.0. The second-order valence-electron chi connectivity index (χ2n) is 5.30. The standard InChI is InChI=1S/C15H19ClN2O3/c1-21-15(20)10-5-6-12(16)13(8-10)18-14(19)9-3-2-4-11(17)7-9/h5-6,8-9,11H,2-4,7,17H2,1H3,(H,18,19). The maximum Gasteiger partial charge on any atom is 0.337 e. The van der Waals surface area contributed by atoms with Crippen LogP contribution in [0.4, 0.5) is 5.69 Å². The molecule has 0 heterocycles. The summed E-state index contributed by atoms with van der Waals surface area (Å²) in [6.45, 7) is 0. The highest BCUT2D eigenvalue weighted by molar-refractivity contribution is 6.33. The zero-order valence-corrected chi connectivity index (χ0v) is 12.7. The van der Waals surface area contributed by atoms with Crippen molar-refractivity contribution in [2.24, 2.45) is 11.7 Å². The zero-order chi connectivity index (χ0) is 15.4. The molecule has 0 spiro atoms. The van der Waals surface area contributed by atoms with Crippen LogP contribution >= 0.6 is 11.6 Å². The van der Waals surface area contributed by atoms with Gasteiger partial charge in [0.2, 0.25) is 5.91 Å². The Morgan fingerprint density at radius 1 is 1.38 bits per heavy atom. The van der Waals surface area contributed by atoms with E-state index >= 15 is 0 Å². The van der Waals surface area contributed by atoms with Crippen LogP contribution < -0.4 is 11.1 Å². The highest BCUT2D eigenvalue weighted by Gasteiger charge is 2.25. The van der Waals surface area contributed by atoms with Crippen molar-refractivity contribution in [3.63, 3.8) is 0 Å². The summed E-state index contributed by atoms with van der Waals surface area (Å²) in [6, 6.07) is 4.72. The van der Waals surface area contributed by atoms with Crippen molar-refractivity contribution in [1.29, 1.82) is 0 Å². The Labute approximate surface area is 128 Å². The van der Waals surface area contributed by atoms with Crippen LogP contribution in [0.2, 0.25) is 5.02 Å². The molecule has 1 aliphatic carbocycles. The van der Waals surface area contributed by atoms with Gasteiger partial charge in [0.25, 0.3) is 0 Å². The van der Waals surface area contributed by atoms with Gasteiger partial charge in [0.1, 0.15) is 0 Å². The molecule has 1 aromatic rings. The van der Waals surface area contributed by atoms with Crippen molar-refractivity contribution in [2.45, 2.75) is 31.7 Å². The van der Waals surface area contributed by atoms with E-state index in [-0.39, 0.29) is 17.9 Å². The summed E-state index contributed by atoms with van der Waals surface area (Å²) >= 11 is 6.06. The van der Waals surface area contributed by atoms with E-state index in [1.807, 2.05) is 0 Å². The lowest BCUT2D eigenvalue weighted by Crippen LogP contribution is -2.34. The monoisotopic (exact) mass is 310 g/mol. The molecule has 0 saturated heterocycles. The summed E-state index contributed by atoms with van der Waals surface area (Å²) in [5, 5.41) is 3.17. The maximum atomic E-state index is 12.3. The lowest BCUT2D eigenvalue weighted by atomic mass is 9.85. The van der Waals surface area contributed by atoms with Crippen molar-refractivity contribution >= 4 is 29.2 Å². The number of esters is 1. The van der Waals surface area contributed by atoms with E-state index in [9.17, 15) is 9.59 Å². The predicted octanol–water partition coefficient (Wildman–Crippen LogP) is 2.58. The third-order valence-corrected chi connectivity index (χ3v) is 4.06. The molecule has 3 N–H and O–H groups in total. The summed E-state index contributed by atoms with van der Waals surface area (Å²) < 4.78 is 4.66. The molecule has 0 aromatic heterocycles. The minimum atomic E-state index is -0.471. The number of amides is 1. The molecule has 1 aromatic carbocycles. The van der Waals surface area contributed by atoms with Crippen molar-refractivity contribution < 1.29 is 14.3 Å². The summed E-state index contributed by atoms with van der Waals surface area (Å²) in [5.41, 5.74) is 6.67. The molecule has 2 unspecified atom stereocenters. The van der Waals surface area contributed by atoms with Gasteiger partial charge in [0.05, 0.1) is 23.4 Å². The van der Waals surface area contributed by atoms with E-state index in [1.165, 1.54) is 13.2 Å². The van der Waals surface area contributed by atoms with Gasteiger partial charge in [-0.3, -0.25) is 4.79 Å². The highest BCUT2D eigenvalue weighted by Crippen LogP contribution is 2.27. The highest BCUT2D eigenvalue weighted by atomic mass is 35.5. The fraction of sp³-hybridized carbons (Fsp3) is 0.467. The van der Waals surface area contributed by atoms with Crippen molar-refractivity contribution in [1.82, 2.24) is 0 Å². The van der Waals surface area contributed by atoms with E-state index < -0.39 is 5.97 Å². The average molecular weight is 311 g/mol. The molecule has 1 fully saturated rings. The fourth-order valence-electron chi connectivity index (χ4n) is 2.57. The Kier molecular flexibility index (Phi) is 5.20. The number of halogens is 1. The summed E-state index contributed by atoms with van der Waals surface area (Å²) in [6.07, 6.45) is 3.42. The minimum Gasteiger partial charge on any atom is -0.465 e. The molecule has 2 atom stereocenters. The van der Waals surface area contributed by atoms with Crippen LogP contribution in [0.1, 0.15) is 36.0 Å². The molecule has 0 aliphatic heterocycles. The lowest BCUT2D eigenvalue weighted by Gasteiger charge is -2.25. The summed E-state index contributed by atoms with van der Waals surface area (Å²) in [5.74, 6) is -0.678. The van der Waals surface area contributed by atoms with Gasteiger partial charge in [-0.1, -0.05) is 18.0 Å². The summed E-state index contributed by atoms with van der Waals surface area (Å²) in [4.78, 5) is 23.8. The van der Waals surface area contributed by atoms with E-state index in [1.54, 1.807) is 12.1 Å². The van der Waals surface area contributed by atoms with Gasteiger partial charge >= 0.3 is 5.97 Å². The second kappa shape index (κ2) is 6.91. The Bertz CT molecular complexity index is 548. The first kappa shape index (κ1) is 15.8. The molecule has 1 amide bonds. The van der Waals surface area contributed by atoms with Crippen LogP contribution in [0.15, 0.2) is 18.2 Å². The quantitative estimate of drug-likeness (QED) is 0.841. The molecule has 21 heavy (non-hydrogen) atoms. The van der Waals surface area contributed by atoms with Crippen molar-refractivity contribution in [2.75, 3.05) is 12.4 Å². The fourth-order valence-corrected chi connectivity index (χ4v) is 2.73. The number of hydrogen-bond donors (Lipinski definition) is 2. The molecule has 6 heteroatoms. The molecule has 1 aliphatic rings.